The molecule has 0 aliphatic rings. The maximum absolute atomic E-state index is 11.3. The smallest absolute Gasteiger partial charge is 0.316 e. The van der Waals surface area contributed by atoms with Gasteiger partial charge in [0.25, 0.3) is 0 Å². The number of esters is 1. The van der Waals surface area contributed by atoms with Crippen molar-refractivity contribution in [2.24, 2.45) is 0 Å². The lowest BCUT2D eigenvalue weighted by molar-refractivity contribution is -0.139. The van der Waals surface area contributed by atoms with Crippen LogP contribution in [0.1, 0.15) is 38.1 Å². The van der Waals surface area contributed by atoms with Crippen LogP contribution in [0.25, 0.3) is 0 Å². The Hall–Kier alpha value is -1.30. The molecule has 0 bridgehead atoms. The fourth-order valence-electron chi connectivity index (χ4n) is 1.26. The SMILES string of the molecule is CCOC(=O)CSc1nc(C(C)C)nc(N)c1C. The van der Waals surface area contributed by atoms with Gasteiger partial charge in [0.15, 0.2) is 0 Å². The van der Waals surface area contributed by atoms with Gasteiger partial charge in [-0.3, -0.25) is 4.79 Å². The van der Waals surface area contributed by atoms with E-state index >= 15 is 0 Å². The fourth-order valence-corrected chi connectivity index (χ4v) is 2.08. The lowest BCUT2D eigenvalue weighted by Gasteiger charge is -2.11. The van der Waals surface area contributed by atoms with E-state index in [0.29, 0.717) is 18.2 Å². The van der Waals surface area contributed by atoms with Gasteiger partial charge in [-0.05, 0) is 13.8 Å². The van der Waals surface area contributed by atoms with Crippen molar-refractivity contribution in [3.8, 4) is 0 Å². The second kappa shape index (κ2) is 6.58. The summed E-state index contributed by atoms with van der Waals surface area (Å²) in [6, 6.07) is 0. The van der Waals surface area contributed by atoms with Crippen LogP contribution in [-0.4, -0.2) is 28.3 Å². The van der Waals surface area contributed by atoms with E-state index < -0.39 is 0 Å². The second-order valence-corrected chi connectivity index (χ2v) is 5.11. The average Bonchev–Trinajstić information content (AvgIpc) is 2.31. The van der Waals surface area contributed by atoms with Gasteiger partial charge in [0.2, 0.25) is 0 Å². The Morgan fingerprint density at radius 1 is 1.44 bits per heavy atom. The van der Waals surface area contributed by atoms with Crippen molar-refractivity contribution < 1.29 is 9.53 Å². The largest absolute Gasteiger partial charge is 0.465 e. The number of aromatic nitrogens is 2. The normalized spacial score (nSPS) is 10.7. The lowest BCUT2D eigenvalue weighted by Crippen LogP contribution is -2.09. The molecular formula is C12H19N3O2S. The minimum atomic E-state index is -0.245. The molecule has 0 spiro atoms. The van der Waals surface area contributed by atoms with E-state index in [4.69, 9.17) is 10.5 Å². The number of ether oxygens (including phenoxy) is 1. The number of carbonyl (C=O) groups excluding carboxylic acids is 1. The van der Waals surface area contributed by atoms with Crippen LogP contribution in [0.3, 0.4) is 0 Å². The average molecular weight is 269 g/mol. The minimum absolute atomic E-state index is 0.204. The molecule has 0 amide bonds. The standard InChI is InChI=1S/C12H19N3O2S/c1-5-17-9(16)6-18-12-8(4)10(13)14-11(15-12)7(2)3/h7H,5-6H2,1-4H3,(H2,13,14,15). The van der Waals surface area contributed by atoms with Crippen molar-refractivity contribution >= 4 is 23.5 Å². The van der Waals surface area contributed by atoms with Crippen molar-refractivity contribution in [1.82, 2.24) is 9.97 Å². The number of nitrogen functional groups attached to an aromatic ring is 1. The van der Waals surface area contributed by atoms with Gasteiger partial charge in [0.1, 0.15) is 16.7 Å². The monoisotopic (exact) mass is 269 g/mol. The van der Waals surface area contributed by atoms with Crippen LogP contribution >= 0.6 is 11.8 Å². The van der Waals surface area contributed by atoms with Crippen LogP contribution in [0, 0.1) is 6.92 Å². The summed E-state index contributed by atoms with van der Waals surface area (Å²) < 4.78 is 4.88. The summed E-state index contributed by atoms with van der Waals surface area (Å²) in [6.07, 6.45) is 0. The number of thioether (sulfide) groups is 1. The van der Waals surface area contributed by atoms with E-state index in [1.165, 1.54) is 11.8 Å². The molecule has 100 valence electrons. The second-order valence-electron chi connectivity index (χ2n) is 4.15. The number of nitrogens with zero attached hydrogens (tertiary/aromatic N) is 2. The molecule has 2 N–H and O–H groups in total. The van der Waals surface area contributed by atoms with Crippen LogP contribution in [0.5, 0.6) is 0 Å². The molecule has 0 fully saturated rings. The third kappa shape index (κ3) is 3.87. The number of anilines is 1. The summed E-state index contributed by atoms with van der Waals surface area (Å²) in [5.74, 6) is 1.37. The third-order valence-corrected chi connectivity index (χ3v) is 3.36. The van der Waals surface area contributed by atoms with Crippen molar-refractivity contribution in [2.75, 3.05) is 18.1 Å². The first-order valence-corrected chi connectivity index (χ1v) is 6.86. The summed E-state index contributed by atoms with van der Waals surface area (Å²) in [7, 11) is 0. The molecule has 0 saturated carbocycles. The van der Waals surface area contributed by atoms with E-state index in [1.54, 1.807) is 6.92 Å². The molecule has 0 atom stereocenters. The fraction of sp³-hybridized carbons (Fsp3) is 0.583. The topological polar surface area (TPSA) is 78.1 Å². The van der Waals surface area contributed by atoms with Gasteiger partial charge in [-0.1, -0.05) is 25.6 Å². The molecule has 0 radical (unpaired) electrons. The third-order valence-electron chi connectivity index (χ3n) is 2.30. The first-order chi connectivity index (χ1) is 8.45. The van der Waals surface area contributed by atoms with Gasteiger partial charge < -0.3 is 10.5 Å². The number of carbonyl (C=O) groups is 1. The summed E-state index contributed by atoms with van der Waals surface area (Å²) in [4.78, 5) is 20.0. The molecule has 1 heterocycles. The van der Waals surface area contributed by atoms with Crippen molar-refractivity contribution in [3.63, 3.8) is 0 Å². The predicted molar refractivity (Wildman–Crippen MR) is 72.6 cm³/mol. The molecule has 0 unspecified atom stereocenters. The molecule has 0 saturated heterocycles. The van der Waals surface area contributed by atoms with E-state index in [9.17, 15) is 4.79 Å². The molecule has 0 aliphatic heterocycles. The zero-order valence-electron chi connectivity index (χ0n) is 11.2. The molecule has 6 heteroatoms. The number of nitrogens with two attached hydrogens (primary N) is 1. The number of hydrogen-bond acceptors (Lipinski definition) is 6. The Balaban J connectivity index is 2.84. The molecule has 0 aliphatic carbocycles. The van der Waals surface area contributed by atoms with Crippen LogP contribution in [-0.2, 0) is 9.53 Å². The lowest BCUT2D eigenvalue weighted by atomic mass is 10.2. The zero-order valence-corrected chi connectivity index (χ0v) is 12.0. The highest BCUT2D eigenvalue weighted by Gasteiger charge is 2.13. The zero-order chi connectivity index (χ0) is 13.7. The van der Waals surface area contributed by atoms with Crippen molar-refractivity contribution in [2.45, 2.75) is 38.6 Å². The first-order valence-electron chi connectivity index (χ1n) is 5.88. The molecule has 18 heavy (non-hydrogen) atoms. The summed E-state index contributed by atoms with van der Waals surface area (Å²) >= 11 is 1.34. The Morgan fingerprint density at radius 3 is 2.67 bits per heavy atom. The minimum Gasteiger partial charge on any atom is -0.465 e. The maximum Gasteiger partial charge on any atom is 0.316 e. The van der Waals surface area contributed by atoms with Crippen LogP contribution in [0.15, 0.2) is 5.03 Å². The highest BCUT2D eigenvalue weighted by molar-refractivity contribution is 7.99. The van der Waals surface area contributed by atoms with Gasteiger partial charge >= 0.3 is 5.97 Å². The molecule has 5 nitrogen and oxygen atoms in total. The van der Waals surface area contributed by atoms with E-state index in [0.717, 1.165) is 10.6 Å². The van der Waals surface area contributed by atoms with Gasteiger partial charge in [-0.2, -0.15) is 0 Å². The van der Waals surface area contributed by atoms with Crippen LogP contribution in [0.2, 0.25) is 0 Å². The van der Waals surface area contributed by atoms with E-state index in [-0.39, 0.29) is 17.6 Å². The Morgan fingerprint density at radius 2 is 2.11 bits per heavy atom. The quantitative estimate of drug-likeness (QED) is 0.501. The van der Waals surface area contributed by atoms with Gasteiger partial charge in [-0.25, -0.2) is 9.97 Å². The molecule has 1 rings (SSSR count). The van der Waals surface area contributed by atoms with Gasteiger partial charge in [0, 0.05) is 11.5 Å². The predicted octanol–water partition coefficient (Wildman–Crippen LogP) is 2.15. The number of rotatable bonds is 5. The van der Waals surface area contributed by atoms with Gasteiger partial charge in [-0.15, -0.1) is 0 Å². The molecular weight excluding hydrogens is 250 g/mol. The highest BCUT2D eigenvalue weighted by atomic mass is 32.2. The van der Waals surface area contributed by atoms with E-state index in [2.05, 4.69) is 9.97 Å². The highest BCUT2D eigenvalue weighted by Crippen LogP contribution is 2.25. The van der Waals surface area contributed by atoms with Crippen molar-refractivity contribution in [1.29, 1.82) is 0 Å². The summed E-state index contributed by atoms with van der Waals surface area (Å²) in [5.41, 5.74) is 6.66. The molecule has 1 aromatic rings. The van der Waals surface area contributed by atoms with E-state index in [1.807, 2.05) is 20.8 Å². The Kier molecular flexibility index (Phi) is 5.40. The Bertz CT molecular complexity index is 436. The Labute approximate surface area is 112 Å². The molecule has 1 aromatic heterocycles. The summed E-state index contributed by atoms with van der Waals surface area (Å²) in [6.45, 7) is 8.04. The summed E-state index contributed by atoms with van der Waals surface area (Å²) in [5, 5.41) is 0.749. The van der Waals surface area contributed by atoms with Crippen LogP contribution in [0.4, 0.5) is 5.82 Å². The van der Waals surface area contributed by atoms with Crippen molar-refractivity contribution in [3.05, 3.63) is 11.4 Å². The number of hydrogen-bond donors (Lipinski definition) is 1. The first kappa shape index (κ1) is 14.8. The van der Waals surface area contributed by atoms with Gasteiger partial charge in [0.05, 0.1) is 12.4 Å². The molecule has 0 aromatic carbocycles. The maximum atomic E-state index is 11.3. The van der Waals surface area contributed by atoms with Crippen LogP contribution < -0.4 is 5.73 Å².